The quantitative estimate of drug-likeness (QED) is 0.881. The lowest BCUT2D eigenvalue weighted by Crippen LogP contribution is -2.27. The third-order valence-electron chi connectivity index (χ3n) is 2.50. The number of amides is 2. The van der Waals surface area contributed by atoms with Crippen LogP contribution in [0, 0.1) is 0 Å². The Morgan fingerprint density at radius 1 is 1.32 bits per heavy atom. The summed E-state index contributed by atoms with van der Waals surface area (Å²) in [7, 11) is 1.65. The average molecular weight is 276 g/mol. The highest BCUT2D eigenvalue weighted by Crippen LogP contribution is 2.11. The van der Waals surface area contributed by atoms with Gasteiger partial charge in [-0.2, -0.15) is 0 Å². The van der Waals surface area contributed by atoms with Crippen molar-refractivity contribution >= 4 is 23.1 Å². The maximum atomic E-state index is 11.7. The van der Waals surface area contributed by atoms with Crippen molar-refractivity contribution < 1.29 is 9.53 Å². The molecule has 2 rings (SSSR count). The lowest BCUT2D eigenvalue weighted by molar-refractivity contribution is 0.185. The van der Waals surface area contributed by atoms with Crippen LogP contribution in [-0.4, -0.2) is 13.1 Å². The molecule has 0 unspecified atom stereocenters. The summed E-state index contributed by atoms with van der Waals surface area (Å²) in [6.07, 6.45) is 0. The van der Waals surface area contributed by atoms with Crippen molar-refractivity contribution in [3.63, 3.8) is 0 Å². The number of urea groups is 1. The number of carbonyl (C=O) groups is 1. The van der Waals surface area contributed by atoms with Gasteiger partial charge in [-0.25, -0.2) is 4.79 Å². The van der Waals surface area contributed by atoms with Crippen LogP contribution >= 0.6 is 11.3 Å². The molecule has 1 aromatic carbocycles. The molecule has 2 aromatic rings. The minimum Gasteiger partial charge on any atom is -0.380 e. The van der Waals surface area contributed by atoms with Gasteiger partial charge in [0.1, 0.15) is 0 Å². The molecule has 5 heteroatoms. The number of methoxy groups -OCH3 is 1. The smallest absolute Gasteiger partial charge is 0.319 e. The van der Waals surface area contributed by atoms with Crippen LogP contribution in [0.15, 0.2) is 41.8 Å². The SMILES string of the molecule is COCc1cccc(NC(=O)NCc2cccs2)c1. The molecule has 2 amide bonds. The number of thiophene rings is 1. The van der Waals surface area contributed by atoms with E-state index >= 15 is 0 Å². The van der Waals surface area contributed by atoms with E-state index in [1.165, 1.54) is 0 Å². The third-order valence-corrected chi connectivity index (χ3v) is 3.38. The summed E-state index contributed by atoms with van der Waals surface area (Å²) in [5.74, 6) is 0. The monoisotopic (exact) mass is 276 g/mol. The number of anilines is 1. The Kier molecular flexibility index (Phi) is 4.94. The molecule has 0 aliphatic heterocycles. The minimum absolute atomic E-state index is 0.206. The Hall–Kier alpha value is -1.85. The number of hydrogen-bond acceptors (Lipinski definition) is 3. The van der Waals surface area contributed by atoms with E-state index in [4.69, 9.17) is 4.74 Å². The molecule has 0 atom stereocenters. The predicted octanol–water partition coefficient (Wildman–Crippen LogP) is 3.22. The van der Waals surface area contributed by atoms with Crippen LogP contribution < -0.4 is 10.6 Å². The lowest BCUT2D eigenvalue weighted by atomic mass is 10.2. The molecular weight excluding hydrogens is 260 g/mol. The largest absolute Gasteiger partial charge is 0.380 e. The van der Waals surface area contributed by atoms with Gasteiger partial charge < -0.3 is 15.4 Å². The van der Waals surface area contributed by atoms with Gasteiger partial charge in [-0.05, 0) is 29.1 Å². The van der Waals surface area contributed by atoms with Crippen LogP contribution in [0.2, 0.25) is 0 Å². The summed E-state index contributed by atoms with van der Waals surface area (Å²) in [6, 6.07) is 11.3. The highest BCUT2D eigenvalue weighted by atomic mass is 32.1. The predicted molar refractivity (Wildman–Crippen MR) is 77.3 cm³/mol. The standard InChI is InChI=1S/C14H16N2O2S/c1-18-10-11-4-2-5-12(8-11)16-14(17)15-9-13-6-3-7-19-13/h2-8H,9-10H2,1H3,(H2,15,16,17). The number of carbonyl (C=O) groups excluding carboxylic acids is 1. The first-order valence-electron chi connectivity index (χ1n) is 5.93. The minimum atomic E-state index is -0.206. The molecule has 0 saturated carbocycles. The maximum absolute atomic E-state index is 11.7. The molecule has 0 bridgehead atoms. The van der Waals surface area contributed by atoms with Crippen molar-refractivity contribution in [2.75, 3.05) is 12.4 Å². The second kappa shape index (κ2) is 6.92. The van der Waals surface area contributed by atoms with E-state index in [1.807, 2.05) is 41.8 Å². The Bertz CT molecular complexity index is 526. The van der Waals surface area contributed by atoms with E-state index in [2.05, 4.69) is 10.6 Å². The topological polar surface area (TPSA) is 50.4 Å². The fourth-order valence-corrected chi connectivity index (χ4v) is 2.31. The second-order valence-electron chi connectivity index (χ2n) is 4.02. The van der Waals surface area contributed by atoms with Gasteiger partial charge in [0.15, 0.2) is 0 Å². The van der Waals surface area contributed by atoms with E-state index in [0.29, 0.717) is 13.2 Å². The van der Waals surface area contributed by atoms with Gasteiger partial charge >= 0.3 is 6.03 Å². The Balaban J connectivity index is 1.86. The van der Waals surface area contributed by atoms with Gasteiger partial charge in [-0.3, -0.25) is 0 Å². The van der Waals surface area contributed by atoms with Gasteiger partial charge in [-0.15, -0.1) is 11.3 Å². The average Bonchev–Trinajstić information content (AvgIpc) is 2.90. The van der Waals surface area contributed by atoms with E-state index in [9.17, 15) is 4.79 Å². The van der Waals surface area contributed by atoms with Crippen LogP contribution in [0.4, 0.5) is 10.5 Å². The Morgan fingerprint density at radius 2 is 2.21 bits per heavy atom. The molecule has 0 saturated heterocycles. The molecular formula is C14H16N2O2S. The van der Waals surface area contributed by atoms with E-state index < -0.39 is 0 Å². The first-order valence-corrected chi connectivity index (χ1v) is 6.81. The van der Waals surface area contributed by atoms with Crippen molar-refractivity contribution in [1.29, 1.82) is 0 Å². The first-order chi connectivity index (χ1) is 9.28. The number of benzene rings is 1. The van der Waals surface area contributed by atoms with Crippen molar-refractivity contribution in [1.82, 2.24) is 5.32 Å². The first kappa shape index (κ1) is 13.6. The summed E-state index contributed by atoms with van der Waals surface area (Å²) in [6.45, 7) is 1.08. The van der Waals surface area contributed by atoms with Gasteiger partial charge in [0, 0.05) is 17.7 Å². The molecule has 19 heavy (non-hydrogen) atoms. The molecule has 100 valence electrons. The molecule has 0 fully saturated rings. The zero-order valence-electron chi connectivity index (χ0n) is 10.7. The number of nitrogens with one attached hydrogen (secondary N) is 2. The van der Waals surface area contributed by atoms with Crippen molar-refractivity contribution in [3.05, 3.63) is 52.2 Å². The summed E-state index contributed by atoms with van der Waals surface area (Å²) in [5.41, 5.74) is 1.79. The maximum Gasteiger partial charge on any atom is 0.319 e. The van der Waals surface area contributed by atoms with Gasteiger partial charge in [0.2, 0.25) is 0 Å². The molecule has 0 aliphatic rings. The fraction of sp³-hybridized carbons (Fsp3) is 0.214. The fourth-order valence-electron chi connectivity index (χ4n) is 1.66. The molecule has 0 aliphatic carbocycles. The van der Waals surface area contributed by atoms with Gasteiger partial charge in [0.25, 0.3) is 0 Å². The molecule has 0 radical (unpaired) electrons. The number of ether oxygens (including phenoxy) is 1. The molecule has 4 nitrogen and oxygen atoms in total. The molecule has 0 spiro atoms. The third kappa shape index (κ3) is 4.39. The van der Waals surface area contributed by atoms with Gasteiger partial charge in [0.05, 0.1) is 13.2 Å². The second-order valence-corrected chi connectivity index (χ2v) is 5.05. The van der Waals surface area contributed by atoms with Crippen LogP contribution in [0.1, 0.15) is 10.4 Å². The van der Waals surface area contributed by atoms with Crippen molar-refractivity contribution in [3.8, 4) is 0 Å². The Labute approximate surface area is 116 Å². The molecule has 1 heterocycles. The normalized spacial score (nSPS) is 10.2. The zero-order valence-corrected chi connectivity index (χ0v) is 11.5. The summed E-state index contributed by atoms with van der Waals surface area (Å²) < 4.78 is 5.06. The number of hydrogen-bond donors (Lipinski definition) is 2. The van der Waals surface area contributed by atoms with Gasteiger partial charge in [-0.1, -0.05) is 18.2 Å². The summed E-state index contributed by atoms with van der Waals surface area (Å²) in [4.78, 5) is 12.9. The zero-order chi connectivity index (χ0) is 13.5. The van der Waals surface area contributed by atoms with Crippen molar-refractivity contribution in [2.45, 2.75) is 13.2 Å². The van der Waals surface area contributed by atoms with Crippen LogP contribution in [-0.2, 0) is 17.9 Å². The van der Waals surface area contributed by atoms with Crippen LogP contribution in [0.3, 0.4) is 0 Å². The van der Waals surface area contributed by atoms with Crippen LogP contribution in [0.25, 0.3) is 0 Å². The van der Waals surface area contributed by atoms with Crippen molar-refractivity contribution in [2.24, 2.45) is 0 Å². The highest BCUT2D eigenvalue weighted by Gasteiger charge is 2.02. The lowest BCUT2D eigenvalue weighted by Gasteiger charge is -2.08. The molecule has 1 aromatic heterocycles. The van der Waals surface area contributed by atoms with Crippen LogP contribution in [0.5, 0.6) is 0 Å². The van der Waals surface area contributed by atoms with E-state index in [0.717, 1.165) is 16.1 Å². The Morgan fingerprint density at radius 3 is 2.95 bits per heavy atom. The highest BCUT2D eigenvalue weighted by molar-refractivity contribution is 7.09. The van der Waals surface area contributed by atoms with E-state index in [-0.39, 0.29) is 6.03 Å². The summed E-state index contributed by atoms with van der Waals surface area (Å²) >= 11 is 1.62. The molecule has 2 N–H and O–H groups in total. The number of rotatable bonds is 5. The van der Waals surface area contributed by atoms with E-state index in [1.54, 1.807) is 18.4 Å². The summed E-state index contributed by atoms with van der Waals surface area (Å²) in [5, 5.41) is 7.61.